The van der Waals surface area contributed by atoms with Crippen LogP contribution in [0.1, 0.15) is 35.6 Å². The van der Waals surface area contributed by atoms with E-state index in [1.165, 1.54) is 17.5 Å². The van der Waals surface area contributed by atoms with Crippen LogP contribution in [0.3, 0.4) is 0 Å². The SMILES string of the molecule is C=C[C@H]1C[N+]2(Cc3ccc(C)cc3)CC[C@H]1C[C@@H]2[C@H](O)c1ccnc2ccccc12. The molecule has 2 bridgehead atoms. The molecule has 2 aromatic carbocycles. The number of aliphatic hydroxyl groups is 1. The second-order valence-corrected chi connectivity index (χ2v) is 9.38. The van der Waals surface area contributed by atoms with Crippen LogP contribution in [0.25, 0.3) is 10.9 Å². The molecule has 154 valence electrons. The number of pyridine rings is 1. The Morgan fingerprint density at radius 1 is 1.17 bits per heavy atom. The van der Waals surface area contributed by atoms with Crippen LogP contribution in [-0.2, 0) is 6.54 Å². The number of hydrogen-bond acceptors (Lipinski definition) is 2. The summed E-state index contributed by atoms with van der Waals surface area (Å²) in [6, 6.07) is 19.3. The lowest BCUT2D eigenvalue weighted by Crippen LogP contribution is -2.67. The van der Waals surface area contributed by atoms with Gasteiger partial charge in [0.05, 0.1) is 18.6 Å². The Morgan fingerprint density at radius 2 is 1.97 bits per heavy atom. The van der Waals surface area contributed by atoms with E-state index in [1.54, 1.807) is 0 Å². The summed E-state index contributed by atoms with van der Waals surface area (Å²) in [5.74, 6) is 1.18. The summed E-state index contributed by atoms with van der Waals surface area (Å²) in [5, 5.41) is 12.8. The number of benzene rings is 2. The minimum absolute atomic E-state index is 0.201. The standard InChI is InChI=1S/C27H31N2O/c1-3-21-18-29(17-20-10-8-19(2)9-11-20)15-13-22(21)16-26(29)27(30)24-12-14-28-25-7-5-4-6-23(24)25/h3-12,14,21-22,26-27,30H,1,13,15-18H2,2H3/q+1/t21-,22-,26+,27+,29?/m0/s1. The minimum Gasteiger partial charge on any atom is -0.382 e. The van der Waals surface area contributed by atoms with Crippen molar-refractivity contribution in [2.24, 2.45) is 11.8 Å². The van der Waals surface area contributed by atoms with Crippen LogP contribution in [0, 0.1) is 18.8 Å². The largest absolute Gasteiger partial charge is 0.382 e. The van der Waals surface area contributed by atoms with Crippen molar-refractivity contribution in [3.63, 3.8) is 0 Å². The van der Waals surface area contributed by atoms with Gasteiger partial charge in [-0.15, -0.1) is 6.58 Å². The van der Waals surface area contributed by atoms with Crippen molar-refractivity contribution < 1.29 is 9.59 Å². The van der Waals surface area contributed by atoms with E-state index in [0.29, 0.717) is 11.8 Å². The van der Waals surface area contributed by atoms with Gasteiger partial charge in [0, 0.05) is 35.9 Å². The van der Waals surface area contributed by atoms with Gasteiger partial charge in [-0.25, -0.2) is 0 Å². The first-order chi connectivity index (χ1) is 14.6. The predicted octanol–water partition coefficient (Wildman–Crippen LogP) is 5.19. The molecule has 5 atom stereocenters. The Labute approximate surface area is 179 Å². The molecule has 1 N–H and O–H groups in total. The van der Waals surface area contributed by atoms with Crippen LogP contribution in [0.2, 0.25) is 0 Å². The molecule has 1 unspecified atom stereocenters. The molecule has 0 radical (unpaired) electrons. The van der Waals surface area contributed by atoms with E-state index in [1.807, 2.05) is 30.5 Å². The molecule has 30 heavy (non-hydrogen) atoms. The average molecular weight is 400 g/mol. The highest BCUT2D eigenvalue weighted by Gasteiger charge is 2.53. The fourth-order valence-corrected chi connectivity index (χ4v) is 6.02. The van der Waals surface area contributed by atoms with Crippen molar-refractivity contribution in [2.45, 2.75) is 38.5 Å². The Balaban J connectivity index is 1.55. The van der Waals surface area contributed by atoms with Crippen molar-refractivity contribution in [2.75, 3.05) is 13.1 Å². The number of fused-ring (bicyclic) bond motifs is 4. The fourth-order valence-electron chi connectivity index (χ4n) is 6.02. The maximum absolute atomic E-state index is 11.7. The molecule has 0 amide bonds. The van der Waals surface area contributed by atoms with E-state index in [9.17, 15) is 5.11 Å². The molecule has 6 rings (SSSR count). The van der Waals surface area contributed by atoms with Gasteiger partial charge in [0.25, 0.3) is 0 Å². The molecular formula is C27H31N2O+. The monoisotopic (exact) mass is 399 g/mol. The van der Waals surface area contributed by atoms with Gasteiger partial charge >= 0.3 is 0 Å². The normalized spacial score (nSPS) is 29.1. The molecule has 3 aliphatic heterocycles. The van der Waals surface area contributed by atoms with Gasteiger partial charge in [0.2, 0.25) is 0 Å². The van der Waals surface area contributed by atoms with E-state index in [-0.39, 0.29) is 6.04 Å². The molecule has 0 saturated carbocycles. The van der Waals surface area contributed by atoms with Crippen LogP contribution in [0.5, 0.6) is 0 Å². The van der Waals surface area contributed by atoms with Gasteiger partial charge in [-0.05, 0) is 30.5 Å². The Morgan fingerprint density at radius 3 is 2.77 bits per heavy atom. The van der Waals surface area contributed by atoms with Gasteiger partial charge in [-0.1, -0.05) is 54.1 Å². The molecule has 3 heteroatoms. The maximum atomic E-state index is 11.7. The lowest BCUT2D eigenvalue weighted by atomic mass is 9.71. The molecular weight excluding hydrogens is 368 g/mol. The zero-order chi connectivity index (χ0) is 20.7. The number of nitrogens with zero attached hydrogens (tertiary/aromatic N) is 2. The van der Waals surface area contributed by atoms with Crippen LogP contribution in [-0.4, -0.2) is 33.7 Å². The first kappa shape index (κ1) is 19.5. The minimum atomic E-state index is -0.489. The number of para-hydroxylation sites is 1. The summed E-state index contributed by atoms with van der Waals surface area (Å²) >= 11 is 0. The lowest BCUT2D eigenvalue weighted by Gasteiger charge is -2.58. The second kappa shape index (κ2) is 7.64. The summed E-state index contributed by atoms with van der Waals surface area (Å²) < 4.78 is 0.952. The quantitative estimate of drug-likeness (QED) is 0.473. The fraction of sp³-hybridized carbons (Fsp3) is 0.370. The molecule has 3 aliphatic rings. The topological polar surface area (TPSA) is 33.1 Å². The average Bonchev–Trinajstić information content (AvgIpc) is 2.79. The van der Waals surface area contributed by atoms with Crippen molar-refractivity contribution in [3.05, 3.63) is 90.1 Å². The predicted molar refractivity (Wildman–Crippen MR) is 122 cm³/mol. The summed E-state index contributed by atoms with van der Waals surface area (Å²) in [6.07, 6.45) is 5.80. The first-order valence-corrected chi connectivity index (χ1v) is 11.2. The Hall–Kier alpha value is -2.49. The van der Waals surface area contributed by atoms with Crippen molar-refractivity contribution >= 4 is 10.9 Å². The lowest BCUT2D eigenvalue weighted by molar-refractivity contribution is -0.984. The van der Waals surface area contributed by atoms with Crippen LogP contribution < -0.4 is 0 Å². The summed E-state index contributed by atoms with van der Waals surface area (Å²) in [6.45, 7) is 9.46. The number of piperidine rings is 3. The van der Waals surface area contributed by atoms with E-state index in [4.69, 9.17) is 0 Å². The van der Waals surface area contributed by atoms with Crippen molar-refractivity contribution in [1.82, 2.24) is 4.98 Å². The molecule has 4 heterocycles. The van der Waals surface area contributed by atoms with E-state index >= 15 is 0 Å². The third-order valence-corrected chi connectivity index (χ3v) is 7.66. The highest BCUT2D eigenvalue weighted by Crippen LogP contribution is 2.48. The van der Waals surface area contributed by atoms with Gasteiger partial charge in [0.15, 0.2) is 0 Å². The molecule has 0 spiro atoms. The van der Waals surface area contributed by atoms with Gasteiger partial charge in [0.1, 0.15) is 18.7 Å². The summed E-state index contributed by atoms with van der Waals surface area (Å²) in [4.78, 5) is 4.51. The molecule has 3 nitrogen and oxygen atoms in total. The third-order valence-electron chi connectivity index (χ3n) is 7.66. The van der Waals surface area contributed by atoms with Gasteiger partial charge in [-0.3, -0.25) is 4.98 Å². The van der Waals surface area contributed by atoms with E-state index in [0.717, 1.165) is 47.0 Å². The second-order valence-electron chi connectivity index (χ2n) is 9.38. The van der Waals surface area contributed by atoms with Crippen LogP contribution in [0.4, 0.5) is 0 Å². The molecule has 1 aromatic heterocycles. The number of aliphatic hydroxyl groups excluding tert-OH is 1. The number of quaternary nitrogens is 1. The number of aryl methyl sites for hydroxylation is 1. The third kappa shape index (κ3) is 3.27. The van der Waals surface area contributed by atoms with Crippen molar-refractivity contribution in [1.29, 1.82) is 0 Å². The number of aromatic nitrogens is 1. The molecule has 3 aromatic rings. The van der Waals surface area contributed by atoms with Gasteiger partial charge in [-0.2, -0.15) is 0 Å². The van der Waals surface area contributed by atoms with Crippen molar-refractivity contribution in [3.8, 4) is 0 Å². The molecule has 3 fully saturated rings. The first-order valence-electron chi connectivity index (χ1n) is 11.2. The number of hydrogen-bond donors (Lipinski definition) is 1. The van der Waals surface area contributed by atoms with Gasteiger partial charge < -0.3 is 9.59 Å². The molecule has 0 aliphatic carbocycles. The maximum Gasteiger partial charge on any atom is 0.131 e. The Bertz CT molecular complexity index is 1050. The van der Waals surface area contributed by atoms with E-state index in [2.05, 4.69) is 54.9 Å². The smallest absolute Gasteiger partial charge is 0.131 e. The molecule has 3 saturated heterocycles. The summed E-state index contributed by atoms with van der Waals surface area (Å²) in [7, 11) is 0. The highest BCUT2D eigenvalue weighted by atomic mass is 16.3. The van der Waals surface area contributed by atoms with E-state index < -0.39 is 6.10 Å². The van der Waals surface area contributed by atoms with Crippen LogP contribution in [0.15, 0.2) is 73.4 Å². The Kier molecular flexibility index (Phi) is 4.96. The highest BCUT2D eigenvalue weighted by molar-refractivity contribution is 5.82. The van der Waals surface area contributed by atoms with Crippen LogP contribution >= 0.6 is 0 Å². The zero-order valence-corrected chi connectivity index (χ0v) is 17.7. The number of rotatable bonds is 5. The zero-order valence-electron chi connectivity index (χ0n) is 17.7. The summed E-state index contributed by atoms with van der Waals surface area (Å²) in [5.41, 5.74) is 4.63.